The van der Waals surface area contributed by atoms with Crippen LogP contribution in [0.2, 0.25) is 0 Å². The molecule has 0 bridgehead atoms. The van der Waals surface area contributed by atoms with Gasteiger partial charge >= 0.3 is 18.0 Å². The third-order valence-corrected chi connectivity index (χ3v) is 6.02. The van der Waals surface area contributed by atoms with E-state index in [1.54, 1.807) is 6.92 Å². The average Bonchev–Trinajstić information content (AvgIpc) is 2.87. The van der Waals surface area contributed by atoms with Crippen LogP contribution in [0.1, 0.15) is 58.9 Å². The molecule has 1 aliphatic rings. The van der Waals surface area contributed by atoms with E-state index in [2.05, 4.69) is 10.6 Å². The number of amides is 2. The number of unbranched alkanes of at least 4 members (excludes halogenated alkanes) is 3. The molecular formula is C27H40N2O9. The van der Waals surface area contributed by atoms with Gasteiger partial charge in [-0.1, -0.05) is 50.1 Å². The van der Waals surface area contributed by atoms with Gasteiger partial charge in [-0.05, 0) is 18.4 Å². The Kier molecular flexibility index (Phi) is 13.6. The summed E-state index contributed by atoms with van der Waals surface area (Å²) in [5.74, 6) is -1.63. The first-order valence-electron chi connectivity index (χ1n) is 13.0. The van der Waals surface area contributed by atoms with Crippen LogP contribution in [-0.2, 0) is 44.7 Å². The number of carbonyl (C=O) groups excluding carboxylic acids is 4. The molecule has 0 spiro atoms. The van der Waals surface area contributed by atoms with Crippen LogP contribution in [0, 0.1) is 5.92 Å². The quantitative estimate of drug-likeness (QED) is 0.209. The highest BCUT2D eigenvalue weighted by atomic mass is 16.7. The van der Waals surface area contributed by atoms with Gasteiger partial charge in [-0.3, -0.25) is 14.4 Å². The third-order valence-electron chi connectivity index (χ3n) is 6.02. The van der Waals surface area contributed by atoms with E-state index in [9.17, 15) is 19.2 Å². The summed E-state index contributed by atoms with van der Waals surface area (Å²) in [6.07, 6.45) is 0.578. The molecule has 212 valence electrons. The van der Waals surface area contributed by atoms with E-state index in [0.717, 1.165) is 24.8 Å². The van der Waals surface area contributed by atoms with E-state index in [0.29, 0.717) is 19.6 Å². The molecule has 0 aliphatic carbocycles. The molecule has 1 aliphatic heterocycles. The van der Waals surface area contributed by atoms with Crippen molar-refractivity contribution in [3.8, 4) is 0 Å². The van der Waals surface area contributed by atoms with Gasteiger partial charge in [-0.15, -0.1) is 0 Å². The number of esters is 2. The van der Waals surface area contributed by atoms with Gasteiger partial charge in [0.1, 0.15) is 31.5 Å². The molecular weight excluding hydrogens is 496 g/mol. The molecule has 1 aromatic carbocycles. The first kappa shape index (κ1) is 31.0. The highest BCUT2D eigenvalue weighted by Crippen LogP contribution is 2.30. The largest absolute Gasteiger partial charge is 0.463 e. The minimum Gasteiger partial charge on any atom is -0.463 e. The van der Waals surface area contributed by atoms with Crippen molar-refractivity contribution in [3.05, 3.63) is 35.9 Å². The van der Waals surface area contributed by atoms with Crippen LogP contribution in [0.5, 0.6) is 0 Å². The van der Waals surface area contributed by atoms with Gasteiger partial charge in [-0.25, -0.2) is 4.79 Å². The van der Waals surface area contributed by atoms with Gasteiger partial charge in [0, 0.05) is 39.8 Å². The summed E-state index contributed by atoms with van der Waals surface area (Å²) in [6.45, 7) is 6.81. The van der Waals surface area contributed by atoms with Crippen molar-refractivity contribution in [2.45, 2.75) is 84.5 Å². The molecule has 2 N–H and O–H groups in total. The van der Waals surface area contributed by atoms with E-state index in [4.69, 9.17) is 23.7 Å². The second kappa shape index (κ2) is 16.6. The number of ether oxygens (including phenoxy) is 5. The molecule has 0 unspecified atom stereocenters. The molecule has 1 fully saturated rings. The molecule has 0 aromatic heterocycles. The fourth-order valence-corrected chi connectivity index (χ4v) is 4.11. The lowest BCUT2D eigenvalue weighted by molar-refractivity contribution is -0.260. The second-order valence-corrected chi connectivity index (χ2v) is 9.28. The SMILES string of the molecule is CC(=O)N[C@H]1[C@H](OCCCCCCNC(=O)OCc2ccccc2)O[C@H](COC(C)=O)[C@H](C)[C@@H]1OC(C)=O. The van der Waals surface area contributed by atoms with Gasteiger partial charge in [0.05, 0.1) is 0 Å². The van der Waals surface area contributed by atoms with Gasteiger partial charge in [0.2, 0.25) is 5.91 Å². The minimum absolute atomic E-state index is 0.0261. The molecule has 1 saturated heterocycles. The van der Waals surface area contributed by atoms with E-state index < -0.39 is 42.6 Å². The standard InChI is InChI=1S/C27H40N2O9/c1-18-23(17-35-20(3)31)38-26(24(29-19(2)30)25(18)37-21(4)32)34-15-11-6-5-10-14-28-27(33)36-16-22-12-8-7-9-13-22/h7-9,12-13,18,23-26H,5-6,10-11,14-17H2,1-4H3,(H,28,33)(H,29,30)/t18-,23+,24+,25-,26+/m0/s1. The number of hydrogen-bond donors (Lipinski definition) is 2. The zero-order valence-electron chi connectivity index (χ0n) is 22.6. The topological polar surface area (TPSA) is 138 Å². The first-order valence-corrected chi connectivity index (χ1v) is 13.0. The highest BCUT2D eigenvalue weighted by molar-refractivity contribution is 5.73. The molecule has 11 nitrogen and oxygen atoms in total. The maximum absolute atomic E-state index is 11.9. The monoisotopic (exact) mass is 536 g/mol. The molecule has 1 aromatic rings. The lowest BCUT2D eigenvalue weighted by atomic mass is 9.89. The summed E-state index contributed by atoms with van der Waals surface area (Å²) in [7, 11) is 0. The second-order valence-electron chi connectivity index (χ2n) is 9.28. The smallest absolute Gasteiger partial charge is 0.407 e. The summed E-state index contributed by atoms with van der Waals surface area (Å²) >= 11 is 0. The number of benzene rings is 1. The Balaban J connectivity index is 1.75. The Labute approximate surface area is 223 Å². The summed E-state index contributed by atoms with van der Waals surface area (Å²) in [5, 5.41) is 5.52. The summed E-state index contributed by atoms with van der Waals surface area (Å²) in [6, 6.07) is 8.75. The molecule has 11 heteroatoms. The molecule has 0 saturated carbocycles. The third kappa shape index (κ3) is 11.5. The zero-order valence-corrected chi connectivity index (χ0v) is 22.6. The molecule has 5 atom stereocenters. The Morgan fingerprint density at radius 2 is 1.63 bits per heavy atom. The summed E-state index contributed by atoms with van der Waals surface area (Å²) in [5.41, 5.74) is 0.927. The predicted molar refractivity (Wildman–Crippen MR) is 137 cm³/mol. The Morgan fingerprint density at radius 3 is 2.29 bits per heavy atom. The molecule has 1 heterocycles. The van der Waals surface area contributed by atoms with Gasteiger partial charge in [0.25, 0.3) is 0 Å². The first-order chi connectivity index (χ1) is 18.2. The lowest BCUT2D eigenvalue weighted by Crippen LogP contribution is -2.63. The number of carbonyl (C=O) groups is 4. The molecule has 38 heavy (non-hydrogen) atoms. The summed E-state index contributed by atoms with van der Waals surface area (Å²) in [4.78, 5) is 46.7. The maximum Gasteiger partial charge on any atom is 0.407 e. The number of rotatable bonds is 14. The van der Waals surface area contributed by atoms with Crippen LogP contribution in [-0.4, -0.2) is 68.2 Å². The Hall–Kier alpha value is -3.18. The van der Waals surface area contributed by atoms with Crippen LogP contribution in [0.3, 0.4) is 0 Å². The van der Waals surface area contributed by atoms with Crippen LogP contribution in [0.15, 0.2) is 30.3 Å². The number of hydrogen-bond acceptors (Lipinski definition) is 9. The van der Waals surface area contributed by atoms with E-state index in [-0.39, 0.29) is 25.0 Å². The van der Waals surface area contributed by atoms with Crippen molar-refractivity contribution in [1.82, 2.24) is 10.6 Å². The molecule has 0 radical (unpaired) electrons. The van der Waals surface area contributed by atoms with Crippen molar-refractivity contribution < 1.29 is 42.9 Å². The van der Waals surface area contributed by atoms with Crippen LogP contribution in [0.4, 0.5) is 4.79 Å². The fraction of sp³-hybridized carbons (Fsp3) is 0.630. The average molecular weight is 537 g/mol. The maximum atomic E-state index is 11.9. The fourth-order valence-electron chi connectivity index (χ4n) is 4.11. The van der Waals surface area contributed by atoms with Crippen molar-refractivity contribution >= 4 is 23.9 Å². The van der Waals surface area contributed by atoms with Crippen LogP contribution in [0.25, 0.3) is 0 Å². The molecule has 2 amide bonds. The zero-order chi connectivity index (χ0) is 27.9. The normalized spacial score (nSPS) is 22.7. The van der Waals surface area contributed by atoms with E-state index >= 15 is 0 Å². The van der Waals surface area contributed by atoms with Gasteiger partial charge in [-0.2, -0.15) is 0 Å². The Bertz CT molecular complexity index is 896. The van der Waals surface area contributed by atoms with Crippen LogP contribution < -0.4 is 10.6 Å². The van der Waals surface area contributed by atoms with Crippen molar-refractivity contribution in [1.29, 1.82) is 0 Å². The van der Waals surface area contributed by atoms with Gasteiger partial charge in [0.15, 0.2) is 6.29 Å². The van der Waals surface area contributed by atoms with E-state index in [1.165, 1.54) is 20.8 Å². The van der Waals surface area contributed by atoms with Gasteiger partial charge < -0.3 is 34.3 Å². The number of nitrogens with one attached hydrogen (secondary N) is 2. The Morgan fingerprint density at radius 1 is 0.921 bits per heavy atom. The van der Waals surface area contributed by atoms with Crippen LogP contribution >= 0.6 is 0 Å². The minimum atomic E-state index is -0.888. The highest BCUT2D eigenvalue weighted by Gasteiger charge is 2.47. The molecule has 2 rings (SSSR count). The predicted octanol–water partition coefficient (Wildman–Crippen LogP) is 2.85. The lowest BCUT2D eigenvalue weighted by Gasteiger charge is -2.44. The van der Waals surface area contributed by atoms with Crippen molar-refractivity contribution in [2.24, 2.45) is 5.92 Å². The van der Waals surface area contributed by atoms with Crippen molar-refractivity contribution in [3.63, 3.8) is 0 Å². The van der Waals surface area contributed by atoms with Crippen molar-refractivity contribution in [2.75, 3.05) is 19.8 Å². The van der Waals surface area contributed by atoms with E-state index in [1.807, 2.05) is 30.3 Å². The summed E-state index contributed by atoms with van der Waals surface area (Å²) < 4.78 is 27.8. The number of alkyl carbamates (subject to hydrolysis) is 1.